The molecule has 106 valence electrons. The number of benzene rings is 1. The lowest BCUT2D eigenvalue weighted by Gasteiger charge is -2.34. The number of nitrogens with two attached hydrogens (primary N) is 1. The zero-order valence-corrected chi connectivity index (χ0v) is 11.9. The summed E-state index contributed by atoms with van der Waals surface area (Å²) in [5.74, 6) is 1.73. The summed E-state index contributed by atoms with van der Waals surface area (Å²) in [5, 5.41) is 0. The minimum absolute atomic E-state index is 0.139. The van der Waals surface area contributed by atoms with E-state index in [9.17, 15) is 0 Å². The van der Waals surface area contributed by atoms with Crippen molar-refractivity contribution in [3.63, 3.8) is 0 Å². The fraction of sp³-hybridized carbons (Fsp3) is 0.412. The van der Waals surface area contributed by atoms with Gasteiger partial charge in [0, 0.05) is 12.6 Å². The molecule has 1 heterocycles. The van der Waals surface area contributed by atoms with Gasteiger partial charge in [-0.1, -0.05) is 30.3 Å². The van der Waals surface area contributed by atoms with Crippen molar-refractivity contribution in [2.45, 2.75) is 24.9 Å². The normalized spacial score (nSPS) is 18.1. The molecule has 1 aliphatic rings. The highest BCUT2D eigenvalue weighted by molar-refractivity contribution is 5.27. The van der Waals surface area contributed by atoms with Gasteiger partial charge in [0.2, 0.25) is 0 Å². The van der Waals surface area contributed by atoms with Gasteiger partial charge in [-0.15, -0.1) is 0 Å². The second kappa shape index (κ2) is 5.81. The van der Waals surface area contributed by atoms with Crippen LogP contribution in [0.5, 0.6) is 0 Å². The second-order valence-corrected chi connectivity index (χ2v) is 5.63. The highest BCUT2D eigenvalue weighted by Crippen LogP contribution is 2.39. The summed E-state index contributed by atoms with van der Waals surface area (Å²) in [6.45, 7) is 0.700. The third-order valence-electron chi connectivity index (χ3n) is 4.27. The van der Waals surface area contributed by atoms with E-state index in [-0.39, 0.29) is 6.04 Å². The van der Waals surface area contributed by atoms with Crippen LogP contribution in [0.3, 0.4) is 0 Å². The van der Waals surface area contributed by atoms with Crippen LogP contribution >= 0.6 is 0 Å². The molecule has 3 rings (SSSR count). The molecule has 1 fully saturated rings. The first-order valence-corrected chi connectivity index (χ1v) is 7.31. The van der Waals surface area contributed by atoms with Gasteiger partial charge in [-0.05, 0) is 43.5 Å². The smallest absolute Gasteiger partial charge is 0.125 e. The molecule has 1 aromatic carbocycles. The third kappa shape index (κ3) is 2.65. The van der Waals surface area contributed by atoms with Crippen molar-refractivity contribution in [2.24, 2.45) is 11.7 Å². The lowest BCUT2D eigenvalue weighted by atomic mass is 10.00. The maximum Gasteiger partial charge on any atom is 0.125 e. The average Bonchev–Trinajstić information content (AvgIpc) is 3.16. The molecule has 0 amide bonds. The number of rotatable bonds is 6. The predicted octanol–water partition coefficient (Wildman–Crippen LogP) is 3.04. The molecule has 0 aliphatic heterocycles. The predicted molar refractivity (Wildman–Crippen MR) is 80.3 cm³/mol. The van der Waals surface area contributed by atoms with Crippen LogP contribution in [0.15, 0.2) is 53.1 Å². The van der Waals surface area contributed by atoms with Crippen LogP contribution in [-0.4, -0.2) is 24.5 Å². The molecule has 20 heavy (non-hydrogen) atoms. The number of likely N-dealkylation sites (N-methyl/N-ethyl adjacent to an activating group) is 1. The molecule has 0 saturated heterocycles. The molecule has 0 spiro atoms. The van der Waals surface area contributed by atoms with Crippen LogP contribution < -0.4 is 5.73 Å². The zero-order chi connectivity index (χ0) is 13.9. The lowest BCUT2D eigenvalue weighted by molar-refractivity contribution is 0.166. The van der Waals surface area contributed by atoms with E-state index in [0.29, 0.717) is 12.6 Å². The Balaban J connectivity index is 1.93. The van der Waals surface area contributed by atoms with E-state index in [1.807, 2.05) is 12.1 Å². The van der Waals surface area contributed by atoms with Crippen molar-refractivity contribution in [3.05, 3.63) is 60.1 Å². The molecule has 2 aromatic rings. The Morgan fingerprint density at radius 3 is 2.50 bits per heavy atom. The van der Waals surface area contributed by atoms with Gasteiger partial charge in [-0.25, -0.2) is 0 Å². The van der Waals surface area contributed by atoms with Gasteiger partial charge in [0.1, 0.15) is 5.76 Å². The van der Waals surface area contributed by atoms with E-state index in [4.69, 9.17) is 10.2 Å². The molecule has 3 nitrogen and oxygen atoms in total. The van der Waals surface area contributed by atoms with E-state index in [1.54, 1.807) is 6.26 Å². The van der Waals surface area contributed by atoms with Crippen molar-refractivity contribution in [3.8, 4) is 0 Å². The maximum absolute atomic E-state index is 6.01. The maximum atomic E-state index is 6.01. The van der Waals surface area contributed by atoms with Crippen LogP contribution in [0, 0.1) is 5.92 Å². The van der Waals surface area contributed by atoms with Crippen molar-refractivity contribution in [1.82, 2.24) is 4.90 Å². The molecule has 1 aliphatic carbocycles. The lowest BCUT2D eigenvalue weighted by Crippen LogP contribution is -2.42. The fourth-order valence-corrected chi connectivity index (χ4v) is 3.05. The first-order chi connectivity index (χ1) is 9.81. The summed E-state index contributed by atoms with van der Waals surface area (Å²) < 4.78 is 5.68. The van der Waals surface area contributed by atoms with Crippen molar-refractivity contribution >= 4 is 0 Å². The molecular formula is C17H22N2O. The fourth-order valence-electron chi connectivity index (χ4n) is 3.05. The summed E-state index contributed by atoms with van der Waals surface area (Å²) in [7, 11) is 2.16. The Morgan fingerprint density at radius 1 is 1.20 bits per heavy atom. The van der Waals surface area contributed by atoms with Crippen LogP contribution in [0.1, 0.15) is 30.2 Å². The number of nitrogens with zero attached hydrogens (tertiary/aromatic N) is 1. The Labute approximate surface area is 120 Å². The molecule has 2 atom stereocenters. The van der Waals surface area contributed by atoms with E-state index in [1.165, 1.54) is 18.4 Å². The van der Waals surface area contributed by atoms with Crippen LogP contribution in [0.4, 0.5) is 0 Å². The first kappa shape index (κ1) is 13.4. The monoisotopic (exact) mass is 270 g/mol. The first-order valence-electron chi connectivity index (χ1n) is 7.31. The minimum atomic E-state index is 0.139. The summed E-state index contributed by atoms with van der Waals surface area (Å²) in [4.78, 5) is 2.38. The Kier molecular flexibility index (Phi) is 3.90. The quantitative estimate of drug-likeness (QED) is 0.877. The molecule has 2 unspecified atom stereocenters. The average molecular weight is 270 g/mol. The van der Waals surface area contributed by atoms with E-state index < -0.39 is 0 Å². The van der Waals surface area contributed by atoms with Gasteiger partial charge >= 0.3 is 0 Å². The Bertz CT molecular complexity index is 519. The van der Waals surface area contributed by atoms with Gasteiger partial charge in [0.05, 0.1) is 12.3 Å². The minimum Gasteiger partial charge on any atom is -0.467 e. The number of hydrogen-bond donors (Lipinski definition) is 1. The summed E-state index contributed by atoms with van der Waals surface area (Å²) in [6, 6.07) is 15.1. The van der Waals surface area contributed by atoms with Crippen LogP contribution in [-0.2, 0) is 0 Å². The molecule has 1 saturated carbocycles. The molecular weight excluding hydrogens is 248 g/mol. The SMILES string of the molecule is CN(C(c1ccccc1)c1ccco1)C(CN)C1CC1. The van der Waals surface area contributed by atoms with Crippen molar-refractivity contribution in [1.29, 1.82) is 0 Å². The highest BCUT2D eigenvalue weighted by Gasteiger charge is 2.37. The van der Waals surface area contributed by atoms with Gasteiger partial charge in [-0.2, -0.15) is 0 Å². The van der Waals surface area contributed by atoms with E-state index in [2.05, 4.69) is 42.3 Å². The number of hydrogen-bond acceptors (Lipinski definition) is 3. The molecule has 3 heteroatoms. The van der Waals surface area contributed by atoms with Gasteiger partial charge in [0.25, 0.3) is 0 Å². The van der Waals surface area contributed by atoms with Crippen LogP contribution in [0.2, 0.25) is 0 Å². The molecule has 0 radical (unpaired) electrons. The molecule has 0 bridgehead atoms. The Morgan fingerprint density at radius 2 is 1.95 bits per heavy atom. The zero-order valence-electron chi connectivity index (χ0n) is 11.9. The van der Waals surface area contributed by atoms with Crippen molar-refractivity contribution < 1.29 is 4.42 Å². The van der Waals surface area contributed by atoms with E-state index in [0.717, 1.165) is 11.7 Å². The van der Waals surface area contributed by atoms with Crippen molar-refractivity contribution in [2.75, 3.05) is 13.6 Å². The Hall–Kier alpha value is -1.58. The molecule has 1 aromatic heterocycles. The molecule has 2 N–H and O–H groups in total. The third-order valence-corrected chi connectivity index (χ3v) is 4.27. The van der Waals surface area contributed by atoms with E-state index >= 15 is 0 Å². The van der Waals surface area contributed by atoms with Crippen LogP contribution in [0.25, 0.3) is 0 Å². The summed E-state index contributed by atoms with van der Waals surface area (Å²) in [5.41, 5.74) is 7.27. The van der Waals surface area contributed by atoms with Gasteiger partial charge in [0.15, 0.2) is 0 Å². The highest BCUT2D eigenvalue weighted by atomic mass is 16.3. The largest absolute Gasteiger partial charge is 0.467 e. The second-order valence-electron chi connectivity index (χ2n) is 5.63. The van der Waals surface area contributed by atoms with Gasteiger partial charge < -0.3 is 10.2 Å². The standard InChI is InChI=1S/C17H22N2O/c1-19(15(12-18)13-9-10-13)17(16-8-5-11-20-16)14-6-3-2-4-7-14/h2-8,11,13,15,17H,9-10,12,18H2,1H3. The number of furan rings is 1. The topological polar surface area (TPSA) is 42.4 Å². The summed E-state index contributed by atoms with van der Waals surface area (Å²) in [6.07, 6.45) is 4.34. The van der Waals surface area contributed by atoms with Gasteiger partial charge in [-0.3, -0.25) is 4.90 Å². The summed E-state index contributed by atoms with van der Waals surface area (Å²) >= 11 is 0.